The van der Waals surface area contributed by atoms with Crippen LogP contribution in [0.5, 0.6) is 11.5 Å². The highest BCUT2D eigenvalue weighted by atomic mass is 35.5. The standard InChI is InChI=1S/C17H12ClNO4S/c1-22-12-5-3-11(4-6-12)19-16(21)15(23-17(19)24)9-10-2-7-14(20)13(18)8-10/h2-9,20H,1H3. The summed E-state index contributed by atoms with van der Waals surface area (Å²) in [5.41, 5.74) is 1.19. The van der Waals surface area contributed by atoms with Crippen LogP contribution in [0.2, 0.25) is 5.02 Å². The second kappa shape index (κ2) is 6.51. The van der Waals surface area contributed by atoms with Crippen LogP contribution >= 0.6 is 23.8 Å². The zero-order valence-corrected chi connectivity index (χ0v) is 14.1. The number of carbonyl (C=O) groups is 1. The Morgan fingerprint density at radius 2 is 1.96 bits per heavy atom. The van der Waals surface area contributed by atoms with Crippen LogP contribution in [0.3, 0.4) is 0 Å². The number of halogens is 1. The molecule has 0 spiro atoms. The molecule has 2 aromatic rings. The molecule has 1 N–H and O–H groups in total. The second-order valence-electron chi connectivity index (χ2n) is 4.93. The fourth-order valence-corrected chi connectivity index (χ4v) is 2.65. The molecule has 1 saturated heterocycles. The van der Waals surface area contributed by atoms with Gasteiger partial charge in [-0.15, -0.1) is 0 Å². The highest BCUT2D eigenvalue weighted by molar-refractivity contribution is 7.80. The Morgan fingerprint density at radius 1 is 1.25 bits per heavy atom. The van der Waals surface area contributed by atoms with Gasteiger partial charge in [-0.05, 0) is 60.3 Å². The minimum atomic E-state index is -0.380. The molecule has 0 bridgehead atoms. The lowest BCUT2D eigenvalue weighted by molar-refractivity contribution is -0.114. The van der Waals surface area contributed by atoms with Crippen LogP contribution in [-0.2, 0) is 9.53 Å². The summed E-state index contributed by atoms with van der Waals surface area (Å²) in [6.45, 7) is 0. The van der Waals surface area contributed by atoms with Crippen LogP contribution in [0.15, 0.2) is 48.2 Å². The Kier molecular flexibility index (Phi) is 4.42. The molecule has 2 aromatic carbocycles. The van der Waals surface area contributed by atoms with Gasteiger partial charge in [0.05, 0.1) is 17.8 Å². The molecule has 1 amide bonds. The van der Waals surface area contributed by atoms with E-state index in [1.165, 1.54) is 23.1 Å². The summed E-state index contributed by atoms with van der Waals surface area (Å²) in [6, 6.07) is 11.5. The second-order valence-corrected chi connectivity index (χ2v) is 5.68. The van der Waals surface area contributed by atoms with E-state index in [9.17, 15) is 9.90 Å². The number of nitrogens with zero attached hydrogens (tertiary/aromatic N) is 1. The molecular weight excluding hydrogens is 350 g/mol. The Morgan fingerprint density at radius 3 is 2.58 bits per heavy atom. The summed E-state index contributed by atoms with van der Waals surface area (Å²) in [7, 11) is 1.56. The number of phenolic OH excluding ortho intramolecular Hbond substituents is 1. The van der Waals surface area contributed by atoms with Crippen LogP contribution in [0.25, 0.3) is 6.08 Å². The van der Waals surface area contributed by atoms with Crippen LogP contribution in [0.4, 0.5) is 5.69 Å². The summed E-state index contributed by atoms with van der Waals surface area (Å²) < 4.78 is 10.5. The normalized spacial score (nSPS) is 15.8. The minimum Gasteiger partial charge on any atom is -0.506 e. The predicted molar refractivity (Wildman–Crippen MR) is 95.3 cm³/mol. The number of hydrogen-bond donors (Lipinski definition) is 1. The van der Waals surface area contributed by atoms with Gasteiger partial charge in [0, 0.05) is 0 Å². The first kappa shape index (κ1) is 16.3. The van der Waals surface area contributed by atoms with Crippen molar-refractivity contribution in [3.63, 3.8) is 0 Å². The monoisotopic (exact) mass is 361 g/mol. The quantitative estimate of drug-likeness (QED) is 0.666. The van der Waals surface area contributed by atoms with E-state index in [0.717, 1.165) is 0 Å². The number of anilines is 1. The third-order valence-corrected chi connectivity index (χ3v) is 3.96. The largest absolute Gasteiger partial charge is 0.506 e. The third-order valence-electron chi connectivity index (χ3n) is 3.39. The van der Waals surface area contributed by atoms with Crippen LogP contribution in [0, 0.1) is 0 Å². The van der Waals surface area contributed by atoms with Gasteiger partial charge in [-0.25, -0.2) is 4.90 Å². The van der Waals surface area contributed by atoms with Gasteiger partial charge in [-0.1, -0.05) is 17.7 Å². The van der Waals surface area contributed by atoms with Gasteiger partial charge in [0.15, 0.2) is 5.76 Å². The number of thiocarbonyl (C=S) groups is 1. The van der Waals surface area contributed by atoms with E-state index in [1.54, 1.807) is 37.4 Å². The maximum absolute atomic E-state index is 12.6. The van der Waals surface area contributed by atoms with Crippen molar-refractivity contribution in [2.24, 2.45) is 0 Å². The molecule has 5 nitrogen and oxygen atoms in total. The number of phenols is 1. The molecule has 24 heavy (non-hydrogen) atoms. The van der Waals surface area contributed by atoms with Crippen LogP contribution in [-0.4, -0.2) is 23.3 Å². The lowest BCUT2D eigenvalue weighted by Crippen LogP contribution is -2.27. The number of benzene rings is 2. The smallest absolute Gasteiger partial charge is 0.301 e. The topological polar surface area (TPSA) is 59.0 Å². The van der Waals surface area contributed by atoms with E-state index in [-0.39, 0.29) is 27.6 Å². The number of aromatic hydroxyl groups is 1. The average Bonchev–Trinajstić information content (AvgIpc) is 2.85. The first-order valence-electron chi connectivity index (χ1n) is 6.90. The molecule has 1 fully saturated rings. The number of methoxy groups -OCH3 is 1. The Hall–Kier alpha value is -2.57. The number of ether oxygens (including phenoxy) is 2. The molecule has 1 aliphatic heterocycles. The van der Waals surface area contributed by atoms with Crippen molar-refractivity contribution in [2.45, 2.75) is 0 Å². The van der Waals surface area contributed by atoms with E-state index < -0.39 is 0 Å². The zero-order chi connectivity index (χ0) is 17.3. The maximum atomic E-state index is 12.6. The van der Waals surface area contributed by atoms with Crippen molar-refractivity contribution in [1.82, 2.24) is 0 Å². The van der Waals surface area contributed by atoms with Gasteiger partial charge >= 0.3 is 5.91 Å². The number of hydrogen-bond acceptors (Lipinski definition) is 5. The van der Waals surface area contributed by atoms with Crippen molar-refractivity contribution in [1.29, 1.82) is 0 Å². The molecule has 0 radical (unpaired) electrons. The summed E-state index contributed by atoms with van der Waals surface area (Å²) in [5, 5.41) is 9.67. The van der Waals surface area contributed by atoms with Crippen molar-refractivity contribution >= 4 is 46.7 Å². The molecule has 0 saturated carbocycles. The Bertz CT molecular complexity index is 848. The van der Waals surface area contributed by atoms with E-state index in [4.69, 9.17) is 33.3 Å². The number of rotatable bonds is 3. The number of carbonyl (C=O) groups excluding carboxylic acids is 1. The van der Waals surface area contributed by atoms with Crippen LogP contribution < -0.4 is 9.64 Å². The summed E-state index contributed by atoms with van der Waals surface area (Å²) >= 11 is 11.0. The molecule has 122 valence electrons. The molecule has 0 aliphatic carbocycles. The van der Waals surface area contributed by atoms with Gasteiger partial charge in [0.25, 0.3) is 5.17 Å². The summed E-state index contributed by atoms with van der Waals surface area (Å²) in [6.07, 6.45) is 1.52. The summed E-state index contributed by atoms with van der Waals surface area (Å²) in [4.78, 5) is 13.9. The minimum absolute atomic E-state index is 0.0344. The van der Waals surface area contributed by atoms with Gasteiger partial charge < -0.3 is 14.6 Å². The Balaban J connectivity index is 1.90. The molecular formula is C17H12ClNO4S. The lowest BCUT2D eigenvalue weighted by atomic mass is 10.2. The molecule has 0 unspecified atom stereocenters. The van der Waals surface area contributed by atoms with E-state index in [2.05, 4.69) is 0 Å². The first-order valence-corrected chi connectivity index (χ1v) is 7.69. The third kappa shape index (κ3) is 3.06. The maximum Gasteiger partial charge on any atom is 0.301 e. The van der Waals surface area contributed by atoms with E-state index in [0.29, 0.717) is 17.0 Å². The van der Waals surface area contributed by atoms with Crippen molar-refractivity contribution in [3.05, 3.63) is 58.8 Å². The van der Waals surface area contributed by atoms with Gasteiger partial charge in [0.1, 0.15) is 11.5 Å². The molecule has 1 aliphatic rings. The van der Waals surface area contributed by atoms with Crippen molar-refractivity contribution in [2.75, 3.05) is 12.0 Å². The SMILES string of the molecule is COc1ccc(N2C(=O)C(=Cc3ccc(O)c(Cl)c3)OC2=S)cc1. The summed E-state index contributed by atoms with van der Waals surface area (Å²) in [5.74, 6) is 0.339. The van der Waals surface area contributed by atoms with Gasteiger partial charge in [-0.2, -0.15) is 0 Å². The van der Waals surface area contributed by atoms with E-state index in [1.807, 2.05) is 0 Å². The fraction of sp³-hybridized carbons (Fsp3) is 0.0588. The molecule has 0 aromatic heterocycles. The van der Waals surface area contributed by atoms with Crippen molar-refractivity contribution < 1.29 is 19.4 Å². The average molecular weight is 362 g/mol. The first-order chi connectivity index (χ1) is 11.5. The fourth-order valence-electron chi connectivity index (χ4n) is 2.19. The van der Waals surface area contributed by atoms with Crippen LogP contribution in [0.1, 0.15) is 5.56 Å². The molecule has 3 rings (SSSR count). The molecule has 0 atom stereocenters. The highest BCUT2D eigenvalue weighted by Crippen LogP contribution is 2.29. The lowest BCUT2D eigenvalue weighted by Gasteiger charge is -2.12. The van der Waals surface area contributed by atoms with Gasteiger partial charge in [-0.3, -0.25) is 4.79 Å². The zero-order valence-electron chi connectivity index (χ0n) is 12.5. The molecule has 1 heterocycles. The van der Waals surface area contributed by atoms with E-state index >= 15 is 0 Å². The molecule has 7 heteroatoms. The van der Waals surface area contributed by atoms with Gasteiger partial charge in [0.2, 0.25) is 0 Å². The number of amides is 1. The van der Waals surface area contributed by atoms with Crippen molar-refractivity contribution in [3.8, 4) is 11.5 Å². The Labute approximate surface area is 148 Å². The highest BCUT2D eigenvalue weighted by Gasteiger charge is 2.34. The predicted octanol–water partition coefficient (Wildman–Crippen LogP) is 3.74.